The molecule has 3 rings (SSSR count). The molecule has 0 spiro atoms. The van der Waals surface area contributed by atoms with E-state index in [0.29, 0.717) is 24.2 Å². The van der Waals surface area contributed by atoms with Crippen molar-refractivity contribution in [2.45, 2.75) is 64.7 Å². The van der Waals surface area contributed by atoms with Gasteiger partial charge in [0, 0.05) is 17.0 Å². The van der Waals surface area contributed by atoms with E-state index in [1.54, 1.807) is 0 Å². The molecule has 142 valence electrons. The molecule has 1 aromatic carbocycles. The second-order valence-corrected chi connectivity index (χ2v) is 8.06. The molecule has 0 amide bonds. The van der Waals surface area contributed by atoms with Crippen LogP contribution in [0.15, 0.2) is 24.3 Å². The third-order valence-corrected chi connectivity index (χ3v) is 6.71. The van der Waals surface area contributed by atoms with Gasteiger partial charge in [-0.2, -0.15) is 0 Å². The van der Waals surface area contributed by atoms with Crippen molar-refractivity contribution >= 4 is 17.4 Å². The molecular weight excluding hydrogens is 326 g/mol. The SMILES string of the molecule is CCOC(=O)CC1(CC)CCC2CC(c3ccc(N)cc3)CCC2C1=O. The average molecular weight is 357 g/mol. The number of rotatable bonds is 5. The van der Waals surface area contributed by atoms with E-state index >= 15 is 0 Å². The first-order valence-corrected chi connectivity index (χ1v) is 10.0. The molecule has 2 fully saturated rings. The van der Waals surface area contributed by atoms with Gasteiger partial charge in [-0.05, 0) is 75.0 Å². The van der Waals surface area contributed by atoms with Crippen LogP contribution in [0.1, 0.15) is 70.3 Å². The number of hydrogen-bond donors (Lipinski definition) is 1. The Morgan fingerprint density at radius 2 is 1.92 bits per heavy atom. The van der Waals surface area contributed by atoms with E-state index in [4.69, 9.17) is 10.5 Å². The van der Waals surface area contributed by atoms with Crippen LogP contribution in [0.3, 0.4) is 0 Å². The minimum absolute atomic E-state index is 0.114. The van der Waals surface area contributed by atoms with Gasteiger partial charge in [0.05, 0.1) is 13.0 Å². The zero-order valence-electron chi connectivity index (χ0n) is 16.0. The molecule has 2 aliphatic rings. The second-order valence-electron chi connectivity index (χ2n) is 8.06. The molecule has 26 heavy (non-hydrogen) atoms. The van der Waals surface area contributed by atoms with E-state index < -0.39 is 5.41 Å². The van der Waals surface area contributed by atoms with Crippen molar-refractivity contribution in [1.82, 2.24) is 0 Å². The second kappa shape index (κ2) is 7.81. The van der Waals surface area contributed by atoms with Crippen LogP contribution in [0.5, 0.6) is 0 Å². The Morgan fingerprint density at radius 3 is 2.58 bits per heavy atom. The highest BCUT2D eigenvalue weighted by molar-refractivity contribution is 5.91. The third-order valence-electron chi connectivity index (χ3n) is 6.71. The molecule has 4 heteroatoms. The maximum atomic E-state index is 13.3. The van der Waals surface area contributed by atoms with Crippen molar-refractivity contribution in [1.29, 1.82) is 0 Å². The predicted molar refractivity (Wildman–Crippen MR) is 103 cm³/mol. The van der Waals surface area contributed by atoms with E-state index in [-0.39, 0.29) is 18.3 Å². The van der Waals surface area contributed by atoms with Gasteiger partial charge in [-0.25, -0.2) is 0 Å². The summed E-state index contributed by atoms with van der Waals surface area (Å²) in [7, 11) is 0. The first-order chi connectivity index (χ1) is 12.5. The van der Waals surface area contributed by atoms with Gasteiger partial charge >= 0.3 is 5.97 Å². The van der Waals surface area contributed by atoms with Crippen LogP contribution in [0.25, 0.3) is 0 Å². The van der Waals surface area contributed by atoms with Crippen LogP contribution < -0.4 is 5.73 Å². The Bertz CT molecular complexity index is 654. The van der Waals surface area contributed by atoms with Gasteiger partial charge < -0.3 is 10.5 Å². The first kappa shape index (κ1) is 18.9. The number of ether oxygens (including phenoxy) is 1. The summed E-state index contributed by atoms with van der Waals surface area (Å²) in [5, 5.41) is 0. The summed E-state index contributed by atoms with van der Waals surface area (Å²) in [5.41, 5.74) is 7.44. The van der Waals surface area contributed by atoms with Crippen LogP contribution in [0.4, 0.5) is 5.69 Å². The smallest absolute Gasteiger partial charge is 0.306 e. The molecule has 0 saturated heterocycles. The molecule has 0 bridgehead atoms. The fourth-order valence-electron chi connectivity index (χ4n) is 5.12. The molecule has 0 heterocycles. The molecular formula is C22H31NO3. The molecule has 4 nitrogen and oxygen atoms in total. The Morgan fingerprint density at radius 1 is 1.19 bits per heavy atom. The van der Waals surface area contributed by atoms with Gasteiger partial charge in [-0.1, -0.05) is 19.1 Å². The predicted octanol–water partition coefficient (Wildman–Crippen LogP) is 4.48. The molecule has 2 saturated carbocycles. The number of fused-ring (bicyclic) bond motifs is 1. The highest BCUT2D eigenvalue weighted by Crippen LogP contribution is 2.51. The summed E-state index contributed by atoms with van der Waals surface area (Å²) < 4.78 is 5.14. The Balaban J connectivity index is 1.70. The molecule has 0 aliphatic heterocycles. The quantitative estimate of drug-likeness (QED) is 0.623. The van der Waals surface area contributed by atoms with Crippen molar-refractivity contribution in [3.05, 3.63) is 29.8 Å². The van der Waals surface area contributed by atoms with Crippen LogP contribution in [0.2, 0.25) is 0 Å². The molecule has 1 aromatic rings. The van der Waals surface area contributed by atoms with Gasteiger partial charge in [0.25, 0.3) is 0 Å². The van der Waals surface area contributed by atoms with Crippen LogP contribution >= 0.6 is 0 Å². The number of ketones is 1. The van der Waals surface area contributed by atoms with Crippen LogP contribution in [0, 0.1) is 17.3 Å². The topological polar surface area (TPSA) is 69.4 Å². The van der Waals surface area contributed by atoms with Crippen molar-refractivity contribution in [2.75, 3.05) is 12.3 Å². The maximum absolute atomic E-state index is 13.3. The monoisotopic (exact) mass is 357 g/mol. The molecule has 0 radical (unpaired) electrons. The van der Waals surface area contributed by atoms with Crippen molar-refractivity contribution < 1.29 is 14.3 Å². The maximum Gasteiger partial charge on any atom is 0.306 e. The number of nitrogen functional groups attached to an aromatic ring is 1. The van der Waals surface area contributed by atoms with Crippen molar-refractivity contribution in [3.8, 4) is 0 Å². The van der Waals surface area contributed by atoms with Crippen molar-refractivity contribution in [2.24, 2.45) is 17.3 Å². The summed E-state index contributed by atoms with van der Waals surface area (Å²) in [5.74, 6) is 1.17. The Labute approximate surface area is 156 Å². The molecule has 4 unspecified atom stereocenters. The van der Waals surface area contributed by atoms with Gasteiger partial charge in [0.15, 0.2) is 0 Å². The third kappa shape index (κ3) is 3.65. The molecule has 2 N–H and O–H groups in total. The lowest BCUT2D eigenvalue weighted by atomic mass is 9.56. The minimum Gasteiger partial charge on any atom is -0.466 e. The molecule has 4 atom stereocenters. The van der Waals surface area contributed by atoms with Gasteiger partial charge in [-0.3, -0.25) is 9.59 Å². The zero-order chi connectivity index (χ0) is 18.7. The van der Waals surface area contributed by atoms with Crippen LogP contribution in [-0.2, 0) is 14.3 Å². The highest BCUT2D eigenvalue weighted by atomic mass is 16.5. The molecule has 2 aliphatic carbocycles. The number of Topliss-reactive ketones (excluding diaryl/α,β-unsaturated/α-hetero) is 1. The normalized spacial score (nSPS) is 31.3. The standard InChI is InChI=1S/C22H31NO3/c1-3-22(14-20(24)26-4-2)12-11-17-13-16(7-10-19(17)21(22)25)15-5-8-18(23)9-6-15/h5-6,8-9,16-17,19H,3-4,7,10-14,23H2,1-2H3. The summed E-state index contributed by atoms with van der Waals surface area (Å²) in [4.78, 5) is 25.4. The number of anilines is 1. The summed E-state index contributed by atoms with van der Waals surface area (Å²) in [6, 6.07) is 8.19. The van der Waals surface area contributed by atoms with E-state index in [2.05, 4.69) is 12.1 Å². The Kier molecular flexibility index (Phi) is 5.69. The summed E-state index contributed by atoms with van der Waals surface area (Å²) in [6.45, 7) is 4.23. The first-order valence-electron chi connectivity index (χ1n) is 10.0. The van der Waals surface area contributed by atoms with Gasteiger partial charge in [-0.15, -0.1) is 0 Å². The number of hydrogen-bond acceptors (Lipinski definition) is 4. The number of carbonyl (C=O) groups is 2. The average Bonchev–Trinajstić information content (AvgIpc) is 2.65. The zero-order valence-corrected chi connectivity index (χ0v) is 16.0. The lowest BCUT2D eigenvalue weighted by Crippen LogP contribution is -2.46. The minimum atomic E-state index is -0.499. The lowest BCUT2D eigenvalue weighted by Gasteiger charge is -2.46. The van der Waals surface area contributed by atoms with Gasteiger partial charge in [0.2, 0.25) is 0 Å². The van der Waals surface area contributed by atoms with Gasteiger partial charge in [0.1, 0.15) is 5.78 Å². The fourth-order valence-corrected chi connectivity index (χ4v) is 5.12. The van der Waals surface area contributed by atoms with E-state index in [1.165, 1.54) is 5.56 Å². The van der Waals surface area contributed by atoms with Crippen LogP contribution in [-0.4, -0.2) is 18.4 Å². The number of esters is 1. The number of benzene rings is 1. The van der Waals surface area contributed by atoms with E-state index in [1.807, 2.05) is 26.0 Å². The molecule has 0 aromatic heterocycles. The van der Waals surface area contributed by atoms with E-state index in [9.17, 15) is 9.59 Å². The summed E-state index contributed by atoms with van der Waals surface area (Å²) >= 11 is 0. The fraction of sp³-hybridized carbons (Fsp3) is 0.636. The number of nitrogens with two attached hydrogens (primary N) is 1. The number of carbonyl (C=O) groups excluding carboxylic acids is 2. The largest absolute Gasteiger partial charge is 0.466 e. The Hall–Kier alpha value is -1.84. The van der Waals surface area contributed by atoms with E-state index in [0.717, 1.165) is 44.2 Å². The summed E-state index contributed by atoms with van der Waals surface area (Å²) in [6.07, 6.45) is 5.88. The van der Waals surface area contributed by atoms with Crippen molar-refractivity contribution in [3.63, 3.8) is 0 Å². The lowest BCUT2D eigenvalue weighted by molar-refractivity contribution is -0.154. The highest BCUT2D eigenvalue weighted by Gasteiger charge is 2.50.